The van der Waals surface area contributed by atoms with E-state index in [4.69, 9.17) is 0 Å². The van der Waals surface area contributed by atoms with Crippen LogP contribution in [0.15, 0.2) is 24.3 Å². The zero-order valence-corrected chi connectivity index (χ0v) is 14.5. The third kappa shape index (κ3) is 4.47. The minimum absolute atomic E-state index is 0.00580. The molecule has 1 saturated heterocycles. The van der Waals surface area contributed by atoms with Crippen LogP contribution in [0.4, 0.5) is 5.69 Å². The zero-order chi connectivity index (χ0) is 17.7. The van der Waals surface area contributed by atoms with E-state index in [-0.39, 0.29) is 30.0 Å². The first-order valence-electron chi connectivity index (χ1n) is 7.83. The molecule has 0 aromatic heterocycles. The molecule has 0 spiro atoms. The molecule has 1 aliphatic rings. The van der Waals surface area contributed by atoms with Crippen LogP contribution in [0, 0.1) is 10.1 Å². The van der Waals surface area contributed by atoms with Crippen molar-refractivity contribution in [2.45, 2.75) is 38.8 Å². The maximum atomic E-state index is 12.5. The van der Waals surface area contributed by atoms with Crippen molar-refractivity contribution in [1.29, 1.82) is 0 Å². The van der Waals surface area contributed by atoms with E-state index in [1.54, 1.807) is 28.8 Å². The van der Waals surface area contributed by atoms with Crippen LogP contribution in [-0.2, 0) is 16.0 Å². The topological polar surface area (TPSA) is 92.6 Å². The molecule has 7 nitrogen and oxygen atoms in total. The van der Waals surface area contributed by atoms with Gasteiger partial charge in [-0.25, -0.2) is 0 Å². The summed E-state index contributed by atoms with van der Waals surface area (Å²) in [4.78, 5) is 36.6. The third-order valence-electron chi connectivity index (χ3n) is 4.01. The van der Waals surface area contributed by atoms with Crippen LogP contribution in [0.2, 0.25) is 0 Å². The maximum Gasteiger partial charge on any atom is 0.269 e. The number of benzene rings is 1. The van der Waals surface area contributed by atoms with Crippen molar-refractivity contribution < 1.29 is 14.5 Å². The molecule has 1 aliphatic heterocycles. The first-order valence-corrected chi connectivity index (χ1v) is 8.98. The molecule has 130 valence electrons. The summed E-state index contributed by atoms with van der Waals surface area (Å²) >= 11 is 1.55. The molecule has 2 rings (SSSR count). The molecule has 1 fully saturated rings. The summed E-state index contributed by atoms with van der Waals surface area (Å²) < 4.78 is 0. The predicted octanol–water partition coefficient (Wildman–Crippen LogP) is 1.95. The van der Waals surface area contributed by atoms with Crippen molar-refractivity contribution in [3.05, 3.63) is 39.9 Å². The van der Waals surface area contributed by atoms with Gasteiger partial charge in [-0.1, -0.05) is 19.1 Å². The van der Waals surface area contributed by atoms with E-state index in [0.717, 1.165) is 6.42 Å². The minimum Gasteiger partial charge on any atom is -0.352 e. The number of non-ortho nitro benzene ring substituents is 1. The fraction of sp³-hybridized carbons (Fsp3) is 0.500. The molecule has 8 heteroatoms. The van der Waals surface area contributed by atoms with Gasteiger partial charge in [0.2, 0.25) is 11.8 Å². The highest BCUT2D eigenvalue weighted by Crippen LogP contribution is 2.23. The lowest BCUT2D eigenvalue weighted by Gasteiger charge is -2.24. The highest BCUT2D eigenvalue weighted by Gasteiger charge is 2.34. The van der Waals surface area contributed by atoms with E-state index in [2.05, 4.69) is 5.32 Å². The van der Waals surface area contributed by atoms with Gasteiger partial charge in [0.25, 0.3) is 5.69 Å². The molecule has 1 aromatic carbocycles. The first kappa shape index (κ1) is 18.3. The Balaban J connectivity index is 2.00. The van der Waals surface area contributed by atoms with E-state index in [1.807, 2.05) is 13.8 Å². The van der Waals surface area contributed by atoms with Gasteiger partial charge in [0.15, 0.2) is 0 Å². The fourth-order valence-electron chi connectivity index (χ4n) is 2.36. The smallest absolute Gasteiger partial charge is 0.269 e. The van der Waals surface area contributed by atoms with Crippen molar-refractivity contribution in [3.8, 4) is 0 Å². The first-order chi connectivity index (χ1) is 11.4. The molecule has 0 saturated carbocycles. The lowest BCUT2D eigenvalue weighted by atomic mass is 10.1. The van der Waals surface area contributed by atoms with Crippen molar-refractivity contribution in [2.24, 2.45) is 0 Å². The Hall–Kier alpha value is -2.09. The molecule has 0 aliphatic carbocycles. The molecular weight excluding hydrogens is 330 g/mol. The Bertz CT molecular complexity index is 620. The van der Waals surface area contributed by atoms with E-state index in [0.29, 0.717) is 17.2 Å². The SMILES string of the molecule is CCC(C)NC(=O)C1CSCN1C(=O)Cc1ccc([N+](=O)[O-])cc1. The minimum atomic E-state index is -0.474. The van der Waals surface area contributed by atoms with Gasteiger partial charge in [-0.3, -0.25) is 19.7 Å². The Morgan fingerprint density at radius 2 is 2.08 bits per heavy atom. The number of rotatable bonds is 6. The summed E-state index contributed by atoms with van der Waals surface area (Å²) in [5.74, 6) is 0.822. The van der Waals surface area contributed by atoms with E-state index in [9.17, 15) is 19.7 Å². The summed E-state index contributed by atoms with van der Waals surface area (Å²) in [6, 6.07) is 5.55. The number of nitro groups is 1. The molecule has 1 N–H and O–H groups in total. The van der Waals surface area contributed by atoms with Gasteiger partial charge in [-0.2, -0.15) is 0 Å². The van der Waals surface area contributed by atoms with Crippen molar-refractivity contribution >= 4 is 29.3 Å². The molecule has 24 heavy (non-hydrogen) atoms. The van der Waals surface area contributed by atoms with Crippen LogP contribution in [0.3, 0.4) is 0 Å². The van der Waals surface area contributed by atoms with Gasteiger partial charge in [-0.15, -0.1) is 11.8 Å². The molecule has 0 bridgehead atoms. The number of carbonyl (C=O) groups is 2. The standard InChI is InChI=1S/C16H21N3O4S/c1-3-11(2)17-16(21)14-9-24-10-18(14)15(20)8-12-4-6-13(7-5-12)19(22)23/h4-7,11,14H,3,8-10H2,1-2H3,(H,17,21). The van der Waals surface area contributed by atoms with Crippen molar-refractivity contribution in [2.75, 3.05) is 11.6 Å². The summed E-state index contributed by atoms with van der Waals surface area (Å²) in [5.41, 5.74) is 0.692. The van der Waals surface area contributed by atoms with E-state index >= 15 is 0 Å². The highest BCUT2D eigenvalue weighted by atomic mass is 32.2. The second-order valence-corrected chi connectivity index (χ2v) is 6.80. The Morgan fingerprint density at radius 3 is 2.67 bits per heavy atom. The van der Waals surface area contributed by atoms with E-state index < -0.39 is 11.0 Å². The molecule has 0 radical (unpaired) electrons. The van der Waals surface area contributed by atoms with Crippen LogP contribution in [0.1, 0.15) is 25.8 Å². The molecule has 2 atom stereocenters. The normalized spacial score (nSPS) is 18.2. The predicted molar refractivity (Wildman–Crippen MR) is 92.7 cm³/mol. The van der Waals surface area contributed by atoms with Crippen LogP contribution in [-0.4, -0.2) is 45.4 Å². The van der Waals surface area contributed by atoms with Gasteiger partial charge in [-0.05, 0) is 18.9 Å². The van der Waals surface area contributed by atoms with E-state index in [1.165, 1.54) is 12.1 Å². The van der Waals surface area contributed by atoms with Crippen LogP contribution in [0.25, 0.3) is 0 Å². The van der Waals surface area contributed by atoms with Gasteiger partial charge in [0.05, 0.1) is 17.2 Å². The monoisotopic (exact) mass is 351 g/mol. The van der Waals surface area contributed by atoms with Gasteiger partial charge < -0.3 is 10.2 Å². The summed E-state index contributed by atoms with van der Waals surface area (Å²) in [6.07, 6.45) is 0.966. The quantitative estimate of drug-likeness (QED) is 0.625. The molecule has 2 amide bonds. The van der Waals surface area contributed by atoms with Gasteiger partial charge in [0.1, 0.15) is 6.04 Å². The van der Waals surface area contributed by atoms with Crippen LogP contribution in [0.5, 0.6) is 0 Å². The number of carbonyl (C=O) groups excluding carboxylic acids is 2. The number of nitrogens with zero attached hydrogens (tertiary/aromatic N) is 2. The number of amides is 2. The number of thioether (sulfide) groups is 1. The summed E-state index contributed by atoms with van der Waals surface area (Å²) in [5, 5.41) is 13.6. The number of nitro benzene ring substituents is 1. The van der Waals surface area contributed by atoms with Gasteiger partial charge in [0, 0.05) is 23.9 Å². The lowest BCUT2D eigenvalue weighted by Crippen LogP contribution is -2.49. The number of hydrogen-bond acceptors (Lipinski definition) is 5. The average Bonchev–Trinajstić information content (AvgIpc) is 3.05. The number of nitrogens with one attached hydrogen (secondary N) is 1. The lowest BCUT2D eigenvalue weighted by molar-refractivity contribution is -0.384. The van der Waals surface area contributed by atoms with Crippen LogP contribution < -0.4 is 5.32 Å². The summed E-state index contributed by atoms with van der Waals surface area (Å²) in [6.45, 7) is 3.93. The second-order valence-electron chi connectivity index (χ2n) is 5.80. The summed E-state index contributed by atoms with van der Waals surface area (Å²) in [7, 11) is 0. The Morgan fingerprint density at radius 1 is 1.42 bits per heavy atom. The average molecular weight is 351 g/mol. The third-order valence-corrected chi connectivity index (χ3v) is 5.02. The zero-order valence-electron chi connectivity index (χ0n) is 13.7. The maximum absolute atomic E-state index is 12.5. The van der Waals surface area contributed by atoms with Gasteiger partial charge >= 0.3 is 0 Å². The fourth-order valence-corrected chi connectivity index (χ4v) is 3.54. The largest absolute Gasteiger partial charge is 0.352 e. The second kappa shape index (κ2) is 8.14. The Kier molecular flexibility index (Phi) is 6.19. The number of hydrogen-bond donors (Lipinski definition) is 1. The van der Waals surface area contributed by atoms with Crippen LogP contribution >= 0.6 is 11.8 Å². The molecular formula is C16H21N3O4S. The van der Waals surface area contributed by atoms with Crippen molar-refractivity contribution in [3.63, 3.8) is 0 Å². The Labute approximate surface area is 144 Å². The van der Waals surface area contributed by atoms with Crippen molar-refractivity contribution in [1.82, 2.24) is 10.2 Å². The molecule has 1 heterocycles. The highest BCUT2D eigenvalue weighted by molar-refractivity contribution is 7.99. The molecule has 1 aromatic rings. The molecule has 2 unspecified atom stereocenters.